The molecule has 0 aliphatic heterocycles. The van der Waals surface area contributed by atoms with E-state index in [0.29, 0.717) is 21.8 Å². The summed E-state index contributed by atoms with van der Waals surface area (Å²) in [5.41, 5.74) is 1.21. The molecule has 0 unspecified atom stereocenters. The second-order valence-electron chi connectivity index (χ2n) is 4.36. The number of nitrogens with zero attached hydrogens (tertiary/aromatic N) is 1. The van der Waals surface area contributed by atoms with E-state index in [1.165, 1.54) is 23.5 Å². The van der Waals surface area contributed by atoms with Crippen molar-refractivity contribution in [1.29, 1.82) is 0 Å². The van der Waals surface area contributed by atoms with Crippen LogP contribution in [0.5, 0.6) is 0 Å². The topological polar surface area (TPSA) is 62.6 Å². The summed E-state index contributed by atoms with van der Waals surface area (Å²) in [4.78, 5) is 25.2. The Kier molecular flexibility index (Phi) is 4.10. The summed E-state index contributed by atoms with van der Waals surface area (Å²) in [5.74, 6) is -0.518. The molecule has 2 aromatic rings. The Labute approximate surface area is 121 Å². The van der Waals surface area contributed by atoms with Gasteiger partial charge >= 0.3 is 0 Å². The van der Waals surface area contributed by atoms with Crippen molar-refractivity contribution >= 4 is 29.1 Å². The van der Waals surface area contributed by atoms with Gasteiger partial charge in [-0.2, -0.15) is 0 Å². The molecule has 1 heterocycles. The highest BCUT2D eigenvalue weighted by molar-refractivity contribution is 6.34. The molecular formula is C14H13ClN2O3. The lowest BCUT2D eigenvalue weighted by molar-refractivity contribution is 0.0827. The maximum atomic E-state index is 11.9. The quantitative estimate of drug-likeness (QED) is 0.946. The van der Waals surface area contributed by atoms with Gasteiger partial charge in [-0.3, -0.25) is 9.59 Å². The minimum Gasteiger partial charge on any atom is -0.472 e. The number of anilines is 1. The van der Waals surface area contributed by atoms with Crippen LogP contribution in [-0.2, 0) is 0 Å². The Bertz CT molecular complexity index is 636. The number of nitrogens with one attached hydrogen (secondary N) is 1. The summed E-state index contributed by atoms with van der Waals surface area (Å²) < 4.78 is 4.84. The highest BCUT2D eigenvalue weighted by Crippen LogP contribution is 2.24. The maximum absolute atomic E-state index is 11.9. The van der Waals surface area contributed by atoms with Crippen LogP contribution < -0.4 is 5.32 Å². The van der Waals surface area contributed by atoms with E-state index in [2.05, 4.69) is 5.32 Å². The van der Waals surface area contributed by atoms with Crippen LogP contribution in [0.1, 0.15) is 20.7 Å². The highest BCUT2D eigenvalue weighted by atomic mass is 35.5. The lowest BCUT2D eigenvalue weighted by Gasteiger charge is -2.12. The van der Waals surface area contributed by atoms with Crippen LogP contribution in [0, 0.1) is 0 Å². The molecule has 0 radical (unpaired) electrons. The summed E-state index contributed by atoms with van der Waals surface area (Å²) in [7, 11) is 3.31. The molecule has 20 heavy (non-hydrogen) atoms. The summed E-state index contributed by atoms with van der Waals surface area (Å²) in [5, 5.41) is 3.00. The van der Waals surface area contributed by atoms with Gasteiger partial charge in [0.15, 0.2) is 0 Å². The zero-order chi connectivity index (χ0) is 14.7. The molecule has 0 atom stereocenters. The number of carbonyl (C=O) groups is 2. The molecule has 1 aromatic carbocycles. The van der Waals surface area contributed by atoms with Crippen LogP contribution in [0.25, 0.3) is 0 Å². The number of benzene rings is 1. The Morgan fingerprint density at radius 3 is 2.55 bits per heavy atom. The highest BCUT2D eigenvalue weighted by Gasteiger charge is 2.13. The summed E-state index contributed by atoms with van der Waals surface area (Å²) in [6.07, 6.45) is 2.74. The fourth-order valence-electron chi connectivity index (χ4n) is 1.60. The van der Waals surface area contributed by atoms with Gasteiger partial charge in [-0.1, -0.05) is 11.6 Å². The first-order valence-corrected chi connectivity index (χ1v) is 6.21. The molecule has 6 heteroatoms. The molecule has 0 saturated heterocycles. The molecule has 0 aliphatic rings. The van der Waals surface area contributed by atoms with Crippen molar-refractivity contribution < 1.29 is 14.0 Å². The van der Waals surface area contributed by atoms with Crippen LogP contribution in [0.2, 0.25) is 5.02 Å². The second kappa shape index (κ2) is 5.79. The SMILES string of the molecule is CN(C)C(=O)c1ccc(Cl)c(NC(=O)c2ccoc2)c1. The molecule has 2 amide bonds. The van der Waals surface area contributed by atoms with Gasteiger partial charge in [0.2, 0.25) is 0 Å². The third kappa shape index (κ3) is 3.00. The van der Waals surface area contributed by atoms with Crippen molar-refractivity contribution in [2.75, 3.05) is 19.4 Å². The molecule has 0 spiro atoms. The number of hydrogen-bond acceptors (Lipinski definition) is 3. The Balaban J connectivity index is 2.25. The van der Waals surface area contributed by atoms with Crippen LogP contribution in [-0.4, -0.2) is 30.8 Å². The van der Waals surface area contributed by atoms with E-state index in [9.17, 15) is 9.59 Å². The lowest BCUT2D eigenvalue weighted by Crippen LogP contribution is -2.22. The van der Waals surface area contributed by atoms with Crippen molar-refractivity contribution in [2.24, 2.45) is 0 Å². The van der Waals surface area contributed by atoms with Gasteiger partial charge in [0.1, 0.15) is 6.26 Å². The Morgan fingerprint density at radius 1 is 1.20 bits per heavy atom. The minimum atomic E-state index is -0.352. The molecule has 104 valence electrons. The summed E-state index contributed by atoms with van der Waals surface area (Å²) in [6.45, 7) is 0. The third-order valence-corrected chi connectivity index (χ3v) is 2.98. The first kappa shape index (κ1) is 14.1. The zero-order valence-corrected chi connectivity index (χ0v) is 11.8. The predicted octanol–water partition coefficient (Wildman–Crippen LogP) is 2.89. The van der Waals surface area contributed by atoms with E-state index in [0.717, 1.165) is 0 Å². The summed E-state index contributed by atoms with van der Waals surface area (Å²) in [6, 6.07) is 6.27. The van der Waals surface area contributed by atoms with Gasteiger partial charge < -0.3 is 14.6 Å². The van der Waals surface area contributed by atoms with Crippen molar-refractivity contribution in [3.05, 3.63) is 52.9 Å². The van der Waals surface area contributed by atoms with Crippen LogP contribution in [0.15, 0.2) is 41.2 Å². The molecule has 0 saturated carbocycles. The van der Waals surface area contributed by atoms with Crippen molar-refractivity contribution in [1.82, 2.24) is 4.90 Å². The van der Waals surface area contributed by atoms with Gasteiger partial charge in [0.05, 0.1) is 22.5 Å². The van der Waals surface area contributed by atoms with Crippen molar-refractivity contribution in [3.8, 4) is 0 Å². The van der Waals surface area contributed by atoms with Crippen molar-refractivity contribution in [2.45, 2.75) is 0 Å². The number of rotatable bonds is 3. The summed E-state index contributed by atoms with van der Waals surface area (Å²) >= 11 is 6.02. The lowest BCUT2D eigenvalue weighted by atomic mass is 10.1. The first-order valence-electron chi connectivity index (χ1n) is 5.84. The number of furan rings is 1. The predicted molar refractivity (Wildman–Crippen MR) is 76.1 cm³/mol. The van der Waals surface area contributed by atoms with Gasteiger partial charge in [0, 0.05) is 19.7 Å². The number of hydrogen-bond donors (Lipinski definition) is 1. The van der Waals surface area contributed by atoms with E-state index >= 15 is 0 Å². The standard InChI is InChI=1S/C14H13ClN2O3/c1-17(2)14(19)9-3-4-11(15)12(7-9)16-13(18)10-5-6-20-8-10/h3-8H,1-2H3,(H,16,18). The van der Waals surface area contributed by atoms with Gasteiger partial charge in [0.25, 0.3) is 11.8 Å². The zero-order valence-electron chi connectivity index (χ0n) is 11.0. The number of amides is 2. The molecular weight excluding hydrogens is 280 g/mol. The van der Waals surface area contributed by atoms with E-state index in [-0.39, 0.29) is 11.8 Å². The van der Waals surface area contributed by atoms with E-state index < -0.39 is 0 Å². The van der Waals surface area contributed by atoms with Crippen molar-refractivity contribution in [3.63, 3.8) is 0 Å². The van der Waals surface area contributed by atoms with Crippen LogP contribution >= 0.6 is 11.6 Å². The first-order chi connectivity index (χ1) is 9.49. The second-order valence-corrected chi connectivity index (χ2v) is 4.77. The van der Waals surface area contributed by atoms with E-state index in [1.807, 2.05) is 0 Å². The molecule has 2 rings (SSSR count). The maximum Gasteiger partial charge on any atom is 0.258 e. The van der Waals surface area contributed by atoms with Crippen LogP contribution in [0.4, 0.5) is 5.69 Å². The average molecular weight is 293 g/mol. The Morgan fingerprint density at radius 2 is 1.95 bits per heavy atom. The van der Waals surface area contributed by atoms with Gasteiger partial charge in [-0.15, -0.1) is 0 Å². The van der Waals surface area contributed by atoms with E-state index in [4.69, 9.17) is 16.0 Å². The van der Waals surface area contributed by atoms with Crippen LogP contribution in [0.3, 0.4) is 0 Å². The van der Waals surface area contributed by atoms with Gasteiger partial charge in [-0.05, 0) is 24.3 Å². The molecule has 0 fully saturated rings. The Hall–Kier alpha value is -2.27. The number of carbonyl (C=O) groups excluding carboxylic acids is 2. The normalized spacial score (nSPS) is 10.2. The fourth-order valence-corrected chi connectivity index (χ4v) is 1.77. The minimum absolute atomic E-state index is 0.166. The van der Waals surface area contributed by atoms with E-state index in [1.54, 1.807) is 32.3 Å². The monoisotopic (exact) mass is 292 g/mol. The molecule has 5 nitrogen and oxygen atoms in total. The molecule has 0 bridgehead atoms. The largest absolute Gasteiger partial charge is 0.472 e. The average Bonchev–Trinajstić information content (AvgIpc) is 2.94. The molecule has 1 aromatic heterocycles. The fraction of sp³-hybridized carbons (Fsp3) is 0.143. The third-order valence-electron chi connectivity index (χ3n) is 2.65. The number of halogens is 1. The smallest absolute Gasteiger partial charge is 0.258 e. The molecule has 0 aliphatic carbocycles. The molecule has 1 N–H and O–H groups in total. The van der Waals surface area contributed by atoms with Gasteiger partial charge in [-0.25, -0.2) is 0 Å².